The molecule has 38 heavy (non-hydrogen) atoms. The summed E-state index contributed by atoms with van der Waals surface area (Å²) in [7, 11) is 1.03. The van der Waals surface area contributed by atoms with Gasteiger partial charge in [0, 0.05) is 35.0 Å². The Hall–Kier alpha value is -4.31. The number of ether oxygens (including phenoxy) is 4. The number of rotatable bonds is 9. The fraction of sp³-hybridized carbons (Fsp3) is 0.214. The third-order valence-electron chi connectivity index (χ3n) is 5.72. The maximum atomic E-state index is 13.2. The molecule has 0 radical (unpaired) electrons. The molecule has 0 bridgehead atoms. The number of carbonyl (C=O) groups excluding carboxylic acids is 2. The third kappa shape index (κ3) is 5.50. The molecule has 0 aliphatic heterocycles. The lowest BCUT2D eigenvalue weighted by Gasteiger charge is -2.19. The number of esters is 2. The van der Waals surface area contributed by atoms with E-state index in [2.05, 4.69) is 9.97 Å². The molecule has 0 aliphatic rings. The first-order valence-electron chi connectivity index (χ1n) is 11.7. The molecule has 1 unspecified atom stereocenters. The van der Waals surface area contributed by atoms with Crippen LogP contribution in [0.25, 0.3) is 10.8 Å². The van der Waals surface area contributed by atoms with Gasteiger partial charge in [-0.2, -0.15) is 0 Å². The summed E-state index contributed by atoms with van der Waals surface area (Å²) in [5.41, 5.74) is 1.87. The van der Waals surface area contributed by atoms with Crippen LogP contribution in [-0.4, -0.2) is 40.3 Å². The fourth-order valence-corrected chi connectivity index (χ4v) is 5.00. The van der Waals surface area contributed by atoms with E-state index >= 15 is 0 Å². The lowest BCUT2D eigenvalue weighted by Crippen LogP contribution is -2.14. The largest absolute Gasteiger partial charge is 0.490 e. The molecule has 0 amide bonds. The number of carbonyl (C=O) groups is 2. The number of aryl methyl sites for hydroxylation is 1. The summed E-state index contributed by atoms with van der Waals surface area (Å²) in [6.45, 7) is 3.27. The van der Waals surface area contributed by atoms with Gasteiger partial charge in [-0.1, -0.05) is 31.2 Å². The van der Waals surface area contributed by atoms with E-state index in [9.17, 15) is 13.8 Å². The van der Waals surface area contributed by atoms with Gasteiger partial charge in [0.15, 0.2) is 11.5 Å². The molecule has 1 aromatic heterocycles. The molecule has 4 aromatic rings. The van der Waals surface area contributed by atoms with Crippen molar-refractivity contribution >= 4 is 33.5 Å². The van der Waals surface area contributed by atoms with Crippen molar-refractivity contribution in [3.63, 3.8) is 0 Å². The number of hydrogen-bond acceptors (Lipinski definition) is 9. The molecule has 1 heterocycles. The van der Waals surface area contributed by atoms with Gasteiger partial charge in [0.25, 0.3) is 0 Å². The predicted octanol–water partition coefficient (Wildman–Crippen LogP) is 4.45. The van der Waals surface area contributed by atoms with Crippen molar-refractivity contribution in [2.45, 2.75) is 36.7 Å². The normalized spacial score (nSPS) is 11.6. The Balaban J connectivity index is 1.89. The summed E-state index contributed by atoms with van der Waals surface area (Å²) < 4.78 is 35.7. The minimum Gasteiger partial charge on any atom is -0.490 e. The van der Waals surface area contributed by atoms with Gasteiger partial charge in [0.2, 0.25) is 16.7 Å². The Bertz CT molecular complexity index is 1520. The summed E-state index contributed by atoms with van der Waals surface area (Å²) in [5, 5.41) is 0.837. The van der Waals surface area contributed by atoms with E-state index in [1.165, 1.54) is 33.5 Å². The quantitative estimate of drug-likeness (QED) is 0.175. The predicted molar refractivity (Wildman–Crippen MR) is 140 cm³/mol. The third-order valence-corrected chi connectivity index (χ3v) is 6.95. The number of aromatic nitrogens is 2. The van der Waals surface area contributed by atoms with Crippen LogP contribution in [0.4, 0.5) is 0 Å². The first-order valence-corrected chi connectivity index (χ1v) is 12.9. The minimum atomic E-state index is -1.74. The maximum absolute atomic E-state index is 13.2. The van der Waals surface area contributed by atoms with E-state index in [-0.39, 0.29) is 34.6 Å². The van der Waals surface area contributed by atoms with Gasteiger partial charge in [-0.25, -0.2) is 14.2 Å². The Morgan fingerprint density at radius 1 is 0.816 bits per heavy atom. The monoisotopic (exact) mass is 534 g/mol. The molecule has 0 N–H and O–H groups in total. The molecule has 3 aromatic carbocycles. The van der Waals surface area contributed by atoms with Crippen molar-refractivity contribution < 1.29 is 32.7 Å². The summed E-state index contributed by atoms with van der Waals surface area (Å²) >= 11 is 0. The van der Waals surface area contributed by atoms with Crippen LogP contribution in [0.3, 0.4) is 0 Å². The smallest absolute Gasteiger partial charge is 0.315 e. The van der Waals surface area contributed by atoms with E-state index < -0.39 is 22.7 Å². The van der Waals surface area contributed by atoms with Crippen LogP contribution < -0.4 is 18.9 Å². The van der Waals surface area contributed by atoms with Crippen LogP contribution in [0.15, 0.2) is 71.0 Å². The van der Waals surface area contributed by atoms with Crippen molar-refractivity contribution in [3.8, 4) is 23.0 Å². The first kappa shape index (κ1) is 26.7. The molecule has 0 saturated carbocycles. The van der Waals surface area contributed by atoms with Crippen molar-refractivity contribution in [1.29, 1.82) is 0 Å². The highest BCUT2D eigenvalue weighted by atomic mass is 32.2. The van der Waals surface area contributed by atoms with Crippen LogP contribution in [0.2, 0.25) is 0 Å². The number of fused-ring (bicyclic) bond motifs is 1. The zero-order valence-corrected chi connectivity index (χ0v) is 22.2. The lowest BCUT2D eigenvalue weighted by molar-refractivity contribution is -0.134. The van der Waals surface area contributed by atoms with Crippen molar-refractivity contribution in [2.24, 2.45) is 0 Å². The van der Waals surface area contributed by atoms with Crippen LogP contribution in [-0.2, 0) is 33.2 Å². The molecule has 10 heteroatoms. The fourth-order valence-electron chi connectivity index (χ4n) is 4.06. The van der Waals surface area contributed by atoms with E-state index in [1.807, 2.05) is 31.2 Å². The number of methoxy groups -OCH3 is 2. The van der Waals surface area contributed by atoms with Gasteiger partial charge in [0.1, 0.15) is 10.8 Å². The molecule has 0 fully saturated rings. The second-order valence-electron chi connectivity index (χ2n) is 8.10. The molecular weight excluding hydrogens is 508 g/mol. The highest BCUT2D eigenvalue weighted by molar-refractivity contribution is 7.85. The Morgan fingerprint density at radius 2 is 1.45 bits per heavy atom. The summed E-state index contributed by atoms with van der Waals surface area (Å²) in [6, 6.07) is 14.0. The van der Waals surface area contributed by atoms with E-state index in [0.29, 0.717) is 15.7 Å². The topological polar surface area (TPSA) is 114 Å². The Morgan fingerprint density at radius 3 is 2.05 bits per heavy atom. The van der Waals surface area contributed by atoms with Crippen LogP contribution >= 0.6 is 0 Å². The average Bonchev–Trinajstić information content (AvgIpc) is 2.93. The molecule has 9 nitrogen and oxygen atoms in total. The second-order valence-corrected chi connectivity index (χ2v) is 9.47. The van der Waals surface area contributed by atoms with E-state index in [0.717, 1.165) is 17.5 Å². The Kier molecular flexibility index (Phi) is 8.32. The van der Waals surface area contributed by atoms with Gasteiger partial charge in [0.05, 0.1) is 20.6 Å². The number of nitrogens with zero attached hydrogens (tertiary/aromatic N) is 2. The number of hydrogen-bond donors (Lipinski definition) is 0. The van der Waals surface area contributed by atoms with E-state index in [4.69, 9.17) is 18.9 Å². The molecule has 0 spiro atoms. The van der Waals surface area contributed by atoms with Gasteiger partial charge in [-0.3, -0.25) is 9.59 Å². The van der Waals surface area contributed by atoms with Crippen molar-refractivity contribution in [1.82, 2.24) is 9.97 Å². The van der Waals surface area contributed by atoms with Gasteiger partial charge in [-0.05, 0) is 41.8 Å². The van der Waals surface area contributed by atoms with Gasteiger partial charge < -0.3 is 18.9 Å². The first-order chi connectivity index (χ1) is 18.4. The lowest BCUT2D eigenvalue weighted by atomic mass is 10.0. The van der Waals surface area contributed by atoms with Gasteiger partial charge in [-0.15, -0.1) is 0 Å². The highest BCUT2D eigenvalue weighted by Crippen LogP contribution is 2.51. The van der Waals surface area contributed by atoms with Crippen molar-refractivity contribution in [2.75, 3.05) is 14.2 Å². The van der Waals surface area contributed by atoms with Crippen molar-refractivity contribution in [3.05, 3.63) is 72.1 Å². The molecule has 0 saturated heterocycles. The summed E-state index contributed by atoms with van der Waals surface area (Å²) in [4.78, 5) is 33.6. The molecule has 4 rings (SSSR count). The molecule has 1 atom stereocenters. The zero-order valence-electron chi connectivity index (χ0n) is 21.3. The molecule has 196 valence electrons. The molecule has 0 aliphatic carbocycles. The minimum absolute atomic E-state index is 0.0200. The van der Waals surface area contributed by atoms with E-state index in [1.54, 1.807) is 24.3 Å². The second kappa shape index (κ2) is 11.8. The van der Waals surface area contributed by atoms with Gasteiger partial charge >= 0.3 is 11.9 Å². The van der Waals surface area contributed by atoms with Crippen LogP contribution in [0, 0.1) is 0 Å². The van der Waals surface area contributed by atoms with Crippen LogP contribution in [0.1, 0.15) is 25.0 Å². The summed E-state index contributed by atoms with van der Waals surface area (Å²) in [6.07, 6.45) is 3.77. The zero-order chi connectivity index (χ0) is 27.2. The Labute approximate surface area is 222 Å². The standard InChI is InChI=1S/C28H26N2O7S/c1-5-18-9-6-7-10-19(18)15-23(32)37-25-22-16-20(38(33)28-29-13-8-14-30-28)11-12-21(22)24(36-17(2)31)26(34-3)27(25)35-4/h6-14,16H,5,15H2,1-4H3. The summed E-state index contributed by atoms with van der Waals surface area (Å²) in [5.74, 6) is -0.874. The molecular formula is C28H26N2O7S. The average molecular weight is 535 g/mol. The van der Waals surface area contributed by atoms with Crippen LogP contribution in [0.5, 0.6) is 23.0 Å². The highest BCUT2D eigenvalue weighted by Gasteiger charge is 2.27. The SMILES string of the molecule is CCc1ccccc1CC(=O)Oc1c(OC)c(OC)c(OC(C)=O)c2ccc(S(=O)c3ncccn3)cc12. The maximum Gasteiger partial charge on any atom is 0.315 e. The number of benzene rings is 3.